The van der Waals surface area contributed by atoms with Gasteiger partial charge < -0.3 is 5.32 Å². The summed E-state index contributed by atoms with van der Waals surface area (Å²) in [5.41, 5.74) is 2.57. The molecule has 4 heteroatoms. The molecule has 0 bridgehead atoms. The Morgan fingerprint density at radius 3 is 2.67 bits per heavy atom. The second-order valence-corrected chi connectivity index (χ2v) is 7.08. The van der Waals surface area contributed by atoms with Gasteiger partial charge in [-0.1, -0.05) is 0 Å². The molecule has 0 saturated heterocycles. The molecule has 0 spiro atoms. The molecular weight excluding hydrogens is 260 g/mol. The Bertz CT molecular complexity index is 514. The molecule has 0 aromatic carbocycles. The van der Waals surface area contributed by atoms with Crippen molar-refractivity contribution in [3.63, 3.8) is 0 Å². The molecule has 0 aliphatic heterocycles. The molecule has 18 heavy (non-hydrogen) atoms. The average Bonchev–Trinajstić information content (AvgIpc) is 2.85. The summed E-state index contributed by atoms with van der Waals surface area (Å²) in [6.45, 7) is 9.65. The van der Waals surface area contributed by atoms with Gasteiger partial charge in [0, 0.05) is 39.8 Å². The smallest absolute Gasteiger partial charge is 0.0940 e. The summed E-state index contributed by atoms with van der Waals surface area (Å²) in [6, 6.07) is 2.72. The molecule has 1 atom stereocenters. The van der Waals surface area contributed by atoms with Crippen LogP contribution in [0.2, 0.25) is 0 Å². The molecule has 0 saturated carbocycles. The van der Waals surface area contributed by atoms with Gasteiger partial charge in [0.15, 0.2) is 0 Å². The number of nitrogens with zero attached hydrogens (tertiary/aromatic N) is 1. The fourth-order valence-corrected chi connectivity index (χ4v) is 3.90. The maximum absolute atomic E-state index is 4.48. The maximum atomic E-state index is 4.48. The van der Waals surface area contributed by atoms with Crippen LogP contribution in [-0.4, -0.2) is 11.5 Å². The van der Waals surface area contributed by atoms with Crippen molar-refractivity contribution in [3.8, 4) is 0 Å². The van der Waals surface area contributed by atoms with Crippen molar-refractivity contribution in [2.45, 2.75) is 40.2 Å². The van der Waals surface area contributed by atoms with E-state index in [4.69, 9.17) is 0 Å². The standard InChI is InChI=1S/C14H20N2S2/c1-9-8-17-14(16-9)5-6-15-11(3)13-7-10(2)18-12(13)4/h7-8,11,15H,5-6H2,1-4H3. The van der Waals surface area contributed by atoms with Crippen LogP contribution in [0.4, 0.5) is 0 Å². The first-order valence-electron chi connectivity index (χ1n) is 6.27. The van der Waals surface area contributed by atoms with E-state index in [0.717, 1.165) is 18.7 Å². The number of nitrogens with one attached hydrogen (secondary N) is 1. The average molecular weight is 280 g/mol. The van der Waals surface area contributed by atoms with Gasteiger partial charge in [-0.05, 0) is 39.3 Å². The predicted molar refractivity (Wildman–Crippen MR) is 80.8 cm³/mol. The van der Waals surface area contributed by atoms with Gasteiger partial charge in [0.25, 0.3) is 0 Å². The van der Waals surface area contributed by atoms with Gasteiger partial charge in [-0.2, -0.15) is 0 Å². The van der Waals surface area contributed by atoms with Crippen molar-refractivity contribution >= 4 is 22.7 Å². The summed E-state index contributed by atoms with van der Waals surface area (Å²) in [5.74, 6) is 0. The summed E-state index contributed by atoms with van der Waals surface area (Å²) in [7, 11) is 0. The number of aromatic nitrogens is 1. The minimum atomic E-state index is 0.427. The Morgan fingerprint density at radius 2 is 2.11 bits per heavy atom. The number of rotatable bonds is 5. The zero-order valence-corrected chi connectivity index (χ0v) is 13.0. The molecular formula is C14H20N2S2. The molecule has 1 unspecified atom stereocenters. The quantitative estimate of drug-likeness (QED) is 0.894. The van der Waals surface area contributed by atoms with Crippen LogP contribution < -0.4 is 5.32 Å². The van der Waals surface area contributed by atoms with Gasteiger partial charge in [-0.25, -0.2) is 4.98 Å². The first-order valence-corrected chi connectivity index (χ1v) is 7.97. The highest BCUT2D eigenvalue weighted by Crippen LogP contribution is 2.26. The summed E-state index contributed by atoms with van der Waals surface area (Å²) in [5, 5.41) is 6.93. The van der Waals surface area contributed by atoms with Gasteiger partial charge in [0.05, 0.1) is 5.01 Å². The Balaban J connectivity index is 1.85. The highest BCUT2D eigenvalue weighted by Gasteiger charge is 2.10. The first kappa shape index (κ1) is 13.7. The zero-order chi connectivity index (χ0) is 13.1. The number of hydrogen-bond acceptors (Lipinski definition) is 4. The highest BCUT2D eigenvalue weighted by molar-refractivity contribution is 7.12. The highest BCUT2D eigenvalue weighted by atomic mass is 32.1. The lowest BCUT2D eigenvalue weighted by Gasteiger charge is -2.13. The number of thiazole rings is 1. The van der Waals surface area contributed by atoms with Crippen LogP contribution in [0, 0.1) is 20.8 Å². The molecule has 2 aromatic rings. The van der Waals surface area contributed by atoms with Crippen molar-refractivity contribution in [2.75, 3.05) is 6.54 Å². The third kappa shape index (κ3) is 3.40. The van der Waals surface area contributed by atoms with Crippen LogP contribution >= 0.6 is 22.7 Å². The van der Waals surface area contributed by atoms with Crippen LogP contribution in [0.5, 0.6) is 0 Å². The van der Waals surface area contributed by atoms with Crippen molar-refractivity contribution in [1.82, 2.24) is 10.3 Å². The molecule has 2 nitrogen and oxygen atoms in total. The van der Waals surface area contributed by atoms with Crippen molar-refractivity contribution < 1.29 is 0 Å². The van der Waals surface area contributed by atoms with E-state index in [1.807, 2.05) is 18.3 Å². The van der Waals surface area contributed by atoms with E-state index in [1.165, 1.54) is 20.3 Å². The SMILES string of the molecule is Cc1csc(CCNC(C)c2cc(C)sc2C)n1. The third-order valence-corrected chi connectivity index (χ3v) is 5.01. The van der Waals surface area contributed by atoms with E-state index in [-0.39, 0.29) is 0 Å². The summed E-state index contributed by atoms with van der Waals surface area (Å²) in [4.78, 5) is 7.31. The van der Waals surface area contributed by atoms with Gasteiger partial charge >= 0.3 is 0 Å². The van der Waals surface area contributed by atoms with Crippen LogP contribution in [0.1, 0.15) is 39.0 Å². The van der Waals surface area contributed by atoms with E-state index in [2.05, 4.69) is 42.5 Å². The van der Waals surface area contributed by atoms with E-state index in [9.17, 15) is 0 Å². The summed E-state index contributed by atoms with van der Waals surface area (Å²) >= 11 is 3.64. The van der Waals surface area contributed by atoms with Crippen LogP contribution in [0.25, 0.3) is 0 Å². The van der Waals surface area contributed by atoms with Crippen LogP contribution in [-0.2, 0) is 6.42 Å². The fourth-order valence-electron chi connectivity index (χ4n) is 2.10. The molecule has 98 valence electrons. The van der Waals surface area contributed by atoms with Gasteiger partial charge in [0.1, 0.15) is 0 Å². The second kappa shape index (κ2) is 5.95. The van der Waals surface area contributed by atoms with E-state index in [1.54, 1.807) is 11.3 Å². The van der Waals surface area contributed by atoms with Gasteiger partial charge in [-0.15, -0.1) is 22.7 Å². The summed E-state index contributed by atoms with van der Waals surface area (Å²) in [6.07, 6.45) is 1.02. The minimum absolute atomic E-state index is 0.427. The number of hydrogen-bond donors (Lipinski definition) is 1. The summed E-state index contributed by atoms with van der Waals surface area (Å²) < 4.78 is 0. The maximum Gasteiger partial charge on any atom is 0.0940 e. The Kier molecular flexibility index (Phi) is 4.54. The van der Waals surface area contributed by atoms with E-state index < -0.39 is 0 Å². The Labute approximate surface area is 117 Å². The predicted octanol–water partition coefficient (Wildman–Crippen LogP) is 4.02. The number of aryl methyl sites for hydroxylation is 3. The minimum Gasteiger partial charge on any atom is -0.310 e. The van der Waals surface area contributed by atoms with E-state index in [0.29, 0.717) is 6.04 Å². The molecule has 2 heterocycles. The van der Waals surface area contributed by atoms with Crippen molar-refractivity contribution in [3.05, 3.63) is 37.5 Å². The molecule has 0 fully saturated rings. The van der Waals surface area contributed by atoms with Crippen LogP contribution in [0.15, 0.2) is 11.4 Å². The topological polar surface area (TPSA) is 24.9 Å². The Hall–Kier alpha value is -0.710. The van der Waals surface area contributed by atoms with E-state index >= 15 is 0 Å². The lowest BCUT2D eigenvalue weighted by atomic mass is 10.1. The molecule has 2 rings (SSSR count). The zero-order valence-electron chi connectivity index (χ0n) is 11.4. The molecule has 0 aliphatic carbocycles. The molecule has 1 N–H and O–H groups in total. The lowest BCUT2D eigenvalue weighted by Crippen LogP contribution is -2.21. The van der Waals surface area contributed by atoms with Gasteiger partial charge in [0.2, 0.25) is 0 Å². The normalized spacial score (nSPS) is 12.9. The first-order chi connectivity index (χ1) is 8.56. The van der Waals surface area contributed by atoms with Crippen molar-refractivity contribution in [1.29, 1.82) is 0 Å². The third-order valence-electron chi connectivity index (χ3n) is 3.00. The Morgan fingerprint density at radius 1 is 1.33 bits per heavy atom. The second-order valence-electron chi connectivity index (χ2n) is 4.68. The van der Waals surface area contributed by atoms with Crippen LogP contribution in [0.3, 0.4) is 0 Å². The van der Waals surface area contributed by atoms with Gasteiger partial charge in [-0.3, -0.25) is 0 Å². The largest absolute Gasteiger partial charge is 0.310 e. The molecule has 0 amide bonds. The fraction of sp³-hybridized carbons (Fsp3) is 0.500. The molecule has 2 aromatic heterocycles. The molecule has 0 radical (unpaired) electrons. The number of thiophene rings is 1. The molecule has 0 aliphatic rings. The lowest BCUT2D eigenvalue weighted by molar-refractivity contribution is 0.575. The van der Waals surface area contributed by atoms with Crippen molar-refractivity contribution in [2.24, 2.45) is 0 Å². The monoisotopic (exact) mass is 280 g/mol.